The Morgan fingerprint density at radius 2 is 1.68 bits per heavy atom. The molecule has 0 bridgehead atoms. The highest BCUT2D eigenvalue weighted by Crippen LogP contribution is 2.22. The fraction of sp³-hybridized carbons (Fsp3) is 0.857. The fourth-order valence-electron chi connectivity index (χ4n) is 1.94. The van der Waals surface area contributed by atoms with Crippen molar-refractivity contribution in [3.63, 3.8) is 0 Å². The fourth-order valence-corrected chi connectivity index (χ4v) is 1.94. The molecule has 0 aliphatic carbocycles. The number of hydrogen-bond acceptors (Lipinski definition) is 2. The molecule has 3 N–H and O–H groups in total. The van der Waals surface area contributed by atoms with Gasteiger partial charge in [0.2, 0.25) is 0 Å². The third-order valence-corrected chi connectivity index (χ3v) is 3.06. The summed E-state index contributed by atoms with van der Waals surface area (Å²) in [5, 5.41) is 14.6. The first-order chi connectivity index (χ1) is 8.48. The van der Waals surface area contributed by atoms with E-state index in [4.69, 9.17) is 5.11 Å². The molecular formula is C14H28N2O3. The van der Waals surface area contributed by atoms with E-state index in [0.29, 0.717) is 0 Å². The topological polar surface area (TPSA) is 78.4 Å². The van der Waals surface area contributed by atoms with Crippen LogP contribution in [0.15, 0.2) is 0 Å². The number of carbonyl (C=O) groups is 2. The number of carbonyl (C=O) groups excluding carboxylic acids is 1. The summed E-state index contributed by atoms with van der Waals surface area (Å²) in [5.41, 5.74) is -0.588. The molecule has 0 fully saturated rings. The van der Waals surface area contributed by atoms with Gasteiger partial charge in [0.15, 0.2) is 0 Å². The molecule has 0 aromatic heterocycles. The van der Waals surface area contributed by atoms with E-state index in [9.17, 15) is 9.59 Å². The second kappa shape index (κ2) is 6.78. The Labute approximate surface area is 116 Å². The standard InChI is InChI=1S/C14H28N2O3/c1-7-8-14(5,6)16-12(19)15-10(9-11(17)18)13(2,3)4/h10H,7-9H2,1-6H3,(H,17,18)(H2,15,16,19). The molecule has 0 rings (SSSR count). The normalized spacial score (nSPS) is 13.8. The maximum Gasteiger partial charge on any atom is 0.315 e. The number of aliphatic carboxylic acids is 1. The van der Waals surface area contributed by atoms with Gasteiger partial charge in [-0.1, -0.05) is 34.1 Å². The van der Waals surface area contributed by atoms with E-state index in [-0.39, 0.29) is 23.4 Å². The molecule has 112 valence electrons. The monoisotopic (exact) mass is 272 g/mol. The Balaban J connectivity index is 4.60. The van der Waals surface area contributed by atoms with Gasteiger partial charge in [0.1, 0.15) is 0 Å². The molecule has 5 nitrogen and oxygen atoms in total. The van der Waals surface area contributed by atoms with Gasteiger partial charge in [-0.05, 0) is 25.7 Å². The molecule has 1 unspecified atom stereocenters. The van der Waals surface area contributed by atoms with Gasteiger partial charge in [-0.15, -0.1) is 0 Å². The van der Waals surface area contributed by atoms with Crippen LogP contribution in [0.25, 0.3) is 0 Å². The summed E-state index contributed by atoms with van der Waals surface area (Å²) in [6.07, 6.45) is 1.77. The van der Waals surface area contributed by atoms with E-state index in [2.05, 4.69) is 17.6 Å². The summed E-state index contributed by atoms with van der Waals surface area (Å²) < 4.78 is 0. The van der Waals surface area contributed by atoms with Crippen LogP contribution in [0.1, 0.15) is 60.8 Å². The zero-order valence-electron chi connectivity index (χ0n) is 13.0. The highest BCUT2D eigenvalue weighted by Gasteiger charge is 2.29. The molecule has 0 aromatic carbocycles. The molecule has 2 amide bonds. The summed E-state index contributed by atoms with van der Waals surface area (Å²) in [7, 11) is 0. The summed E-state index contributed by atoms with van der Waals surface area (Å²) in [4.78, 5) is 22.8. The van der Waals surface area contributed by atoms with E-state index >= 15 is 0 Å². The molecule has 0 aliphatic heterocycles. The van der Waals surface area contributed by atoms with E-state index < -0.39 is 12.0 Å². The molecule has 0 aromatic rings. The van der Waals surface area contributed by atoms with Gasteiger partial charge in [0.05, 0.1) is 6.42 Å². The van der Waals surface area contributed by atoms with E-state index in [0.717, 1.165) is 12.8 Å². The second-order valence-electron chi connectivity index (χ2n) is 6.75. The van der Waals surface area contributed by atoms with Crippen molar-refractivity contribution in [3.8, 4) is 0 Å². The number of rotatable bonds is 6. The third kappa shape index (κ3) is 7.70. The van der Waals surface area contributed by atoms with Crippen molar-refractivity contribution in [1.82, 2.24) is 10.6 Å². The number of carboxylic acids is 1. The minimum absolute atomic E-state index is 0.0782. The highest BCUT2D eigenvalue weighted by molar-refractivity contribution is 5.76. The van der Waals surface area contributed by atoms with Gasteiger partial charge in [0.25, 0.3) is 0 Å². The molecule has 0 heterocycles. The van der Waals surface area contributed by atoms with Crippen molar-refractivity contribution < 1.29 is 14.7 Å². The largest absolute Gasteiger partial charge is 0.481 e. The molecule has 0 radical (unpaired) electrons. The average molecular weight is 272 g/mol. The molecule has 19 heavy (non-hydrogen) atoms. The minimum Gasteiger partial charge on any atom is -0.481 e. The van der Waals surface area contributed by atoms with Gasteiger partial charge in [-0.2, -0.15) is 0 Å². The second-order valence-corrected chi connectivity index (χ2v) is 6.75. The molecule has 0 spiro atoms. The Morgan fingerprint density at radius 1 is 1.16 bits per heavy atom. The van der Waals surface area contributed by atoms with Crippen molar-refractivity contribution in [2.45, 2.75) is 72.4 Å². The highest BCUT2D eigenvalue weighted by atomic mass is 16.4. The third-order valence-electron chi connectivity index (χ3n) is 3.06. The molecule has 5 heteroatoms. The first-order valence-corrected chi connectivity index (χ1v) is 6.78. The summed E-state index contributed by atoms with van der Waals surface area (Å²) >= 11 is 0. The van der Waals surface area contributed by atoms with Crippen LogP contribution in [-0.4, -0.2) is 28.7 Å². The van der Waals surface area contributed by atoms with Crippen LogP contribution in [0.4, 0.5) is 4.79 Å². The first-order valence-electron chi connectivity index (χ1n) is 6.78. The van der Waals surface area contributed by atoms with Crippen molar-refractivity contribution in [1.29, 1.82) is 0 Å². The molecule has 1 atom stereocenters. The molecular weight excluding hydrogens is 244 g/mol. The lowest BCUT2D eigenvalue weighted by molar-refractivity contribution is -0.138. The van der Waals surface area contributed by atoms with Gasteiger partial charge >= 0.3 is 12.0 Å². The lowest BCUT2D eigenvalue weighted by Crippen LogP contribution is -2.54. The zero-order chi connectivity index (χ0) is 15.3. The summed E-state index contributed by atoms with van der Waals surface area (Å²) in [5.74, 6) is -0.909. The summed E-state index contributed by atoms with van der Waals surface area (Å²) in [6, 6.07) is -0.706. The average Bonchev–Trinajstić information content (AvgIpc) is 2.12. The van der Waals surface area contributed by atoms with Gasteiger partial charge in [0, 0.05) is 11.6 Å². The quantitative estimate of drug-likeness (QED) is 0.695. The van der Waals surface area contributed by atoms with E-state index in [1.54, 1.807) is 0 Å². The van der Waals surface area contributed by atoms with Gasteiger partial charge in [-0.3, -0.25) is 4.79 Å². The maximum atomic E-state index is 12.0. The number of urea groups is 1. The molecule has 0 aliphatic rings. The van der Waals surface area contributed by atoms with Crippen LogP contribution in [0.3, 0.4) is 0 Å². The van der Waals surface area contributed by atoms with Crippen LogP contribution in [0, 0.1) is 5.41 Å². The Morgan fingerprint density at radius 3 is 2.05 bits per heavy atom. The maximum absolute atomic E-state index is 12.0. The Kier molecular flexibility index (Phi) is 6.33. The number of nitrogens with one attached hydrogen (secondary N) is 2. The van der Waals surface area contributed by atoms with Crippen LogP contribution in [0.5, 0.6) is 0 Å². The Bertz CT molecular complexity index is 319. The summed E-state index contributed by atoms with van der Waals surface area (Å²) in [6.45, 7) is 11.7. The lowest BCUT2D eigenvalue weighted by atomic mass is 9.85. The van der Waals surface area contributed by atoms with Crippen LogP contribution in [-0.2, 0) is 4.79 Å². The van der Waals surface area contributed by atoms with Gasteiger partial charge < -0.3 is 15.7 Å². The zero-order valence-corrected chi connectivity index (χ0v) is 13.0. The first kappa shape index (κ1) is 17.7. The van der Waals surface area contributed by atoms with Crippen LogP contribution in [0.2, 0.25) is 0 Å². The number of amides is 2. The van der Waals surface area contributed by atoms with Crippen molar-refractivity contribution >= 4 is 12.0 Å². The minimum atomic E-state index is -0.909. The van der Waals surface area contributed by atoms with Crippen molar-refractivity contribution in [2.75, 3.05) is 0 Å². The van der Waals surface area contributed by atoms with Crippen molar-refractivity contribution in [2.24, 2.45) is 5.41 Å². The molecule has 0 saturated carbocycles. The Hall–Kier alpha value is -1.26. The lowest BCUT2D eigenvalue weighted by Gasteiger charge is -2.33. The smallest absolute Gasteiger partial charge is 0.315 e. The number of hydrogen-bond donors (Lipinski definition) is 3. The van der Waals surface area contributed by atoms with E-state index in [1.165, 1.54) is 0 Å². The van der Waals surface area contributed by atoms with Crippen LogP contribution >= 0.6 is 0 Å². The predicted molar refractivity (Wildman–Crippen MR) is 76.2 cm³/mol. The molecule has 0 saturated heterocycles. The van der Waals surface area contributed by atoms with Crippen LogP contribution < -0.4 is 10.6 Å². The predicted octanol–water partition coefficient (Wildman–Crippen LogP) is 2.75. The SMILES string of the molecule is CCCC(C)(C)NC(=O)NC(CC(=O)O)C(C)(C)C. The van der Waals surface area contributed by atoms with E-state index in [1.807, 2.05) is 34.6 Å². The van der Waals surface area contributed by atoms with Crippen molar-refractivity contribution in [3.05, 3.63) is 0 Å². The number of carboxylic acid groups (broad SMARTS) is 1. The van der Waals surface area contributed by atoms with Gasteiger partial charge in [-0.25, -0.2) is 4.79 Å².